The molecule has 0 aliphatic carbocycles. The Morgan fingerprint density at radius 3 is 2.82 bits per heavy atom. The maximum Gasteiger partial charge on any atom is 0.189 e. The van der Waals surface area contributed by atoms with Crippen LogP contribution in [0.1, 0.15) is 16.3 Å². The number of nitrogens with two attached hydrogens (primary N) is 1. The zero-order valence-corrected chi connectivity index (χ0v) is 15.5. The van der Waals surface area contributed by atoms with Gasteiger partial charge in [0.05, 0.1) is 17.2 Å². The van der Waals surface area contributed by atoms with Gasteiger partial charge >= 0.3 is 0 Å². The summed E-state index contributed by atoms with van der Waals surface area (Å²) >= 11 is 1.68. The smallest absolute Gasteiger partial charge is 0.189 e. The standard InChI is InChI=1S/C16H20N4S.HI/c1-2-10-18-16(17)19-11-14-12-21-15(20-14)9-8-13-6-4-3-5-7-13;/h2-7,12H,1,8-11H2,(H3,17,18,19);1H. The van der Waals surface area contributed by atoms with Gasteiger partial charge in [-0.05, 0) is 12.0 Å². The summed E-state index contributed by atoms with van der Waals surface area (Å²) in [5, 5.41) is 6.13. The number of hydrogen-bond acceptors (Lipinski definition) is 3. The van der Waals surface area contributed by atoms with Crippen LogP contribution in [-0.2, 0) is 19.4 Å². The number of hydrogen-bond donors (Lipinski definition) is 2. The number of aromatic nitrogens is 1. The van der Waals surface area contributed by atoms with E-state index in [1.807, 2.05) is 11.4 Å². The number of aryl methyl sites for hydroxylation is 2. The number of benzene rings is 1. The van der Waals surface area contributed by atoms with Gasteiger partial charge in [0.1, 0.15) is 0 Å². The van der Waals surface area contributed by atoms with Crippen LogP contribution in [0.25, 0.3) is 0 Å². The van der Waals surface area contributed by atoms with E-state index < -0.39 is 0 Å². The van der Waals surface area contributed by atoms with Crippen molar-refractivity contribution in [1.29, 1.82) is 0 Å². The third kappa shape index (κ3) is 6.57. The molecule has 22 heavy (non-hydrogen) atoms. The number of nitrogens with one attached hydrogen (secondary N) is 1. The molecule has 0 bridgehead atoms. The topological polar surface area (TPSA) is 63.3 Å². The quantitative estimate of drug-likeness (QED) is 0.308. The molecule has 0 unspecified atom stereocenters. The van der Waals surface area contributed by atoms with Crippen molar-refractivity contribution in [2.24, 2.45) is 10.7 Å². The lowest BCUT2D eigenvalue weighted by Gasteiger charge is -2.00. The van der Waals surface area contributed by atoms with Crippen molar-refractivity contribution in [2.45, 2.75) is 19.4 Å². The minimum absolute atomic E-state index is 0. The largest absolute Gasteiger partial charge is 0.370 e. The van der Waals surface area contributed by atoms with Crippen molar-refractivity contribution >= 4 is 41.3 Å². The molecule has 0 atom stereocenters. The van der Waals surface area contributed by atoms with E-state index in [4.69, 9.17) is 5.73 Å². The molecule has 2 aromatic rings. The normalized spacial score (nSPS) is 10.8. The van der Waals surface area contributed by atoms with Gasteiger partial charge in [0.15, 0.2) is 5.96 Å². The average Bonchev–Trinajstić information content (AvgIpc) is 2.98. The lowest BCUT2D eigenvalue weighted by Crippen LogP contribution is -2.31. The zero-order chi connectivity index (χ0) is 14.9. The van der Waals surface area contributed by atoms with Gasteiger partial charge in [0.25, 0.3) is 0 Å². The van der Waals surface area contributed by atoms with Crippen LogP contribution in [0.3, 0.4) is 0 Å². The number of guanidine groups is 1. The second-order valence-electron chi connectivity index (χ2n) is 4.59. The summed E-state index contributed by atoms with van der Waals surface area (Å²) in [5.74, 6) is 0.425. The predicted octanol–water partition coefficient (Wildman–Crippen LogP) is 3.14. The minimum atomic E-state index is 0. The summed E-state index contributed by atoms with van der Waals surface area (Å²) in [5.41, 5.74) is 8.02. The van der Waals surface area contributed by atoms with Crippen LogP contribution in [-0.4, -0.2) is 17.5 Å². The predicted molar refractivity (Wildman–Crippen MR) is 105 cm³/mol. The number of aliphatic imine (C=N–C) groups is 1. The van der Waals surface area contributed by atoms with Gasteiger partial charge in [0.2, 0.25) is 0 Å². The second-order valence-corrected chi connectivity index (χ2v) is 5.53. The molecule has 1 heterocycles. The lowest BCUT2D eigenvalue weighted by atomic mass is 10.1. The average molecular weight is 428 g/mol. The van der Waals surface area contributed by atoms with Gasteiger partial charge in [-0.15, -0.1) is 41.9 Å². The highest BCUT2D eigenvalue weighted by Crippen LogP contribution is 2.13. The molecule has 2 rings (SSSR count). The van der Waals surface area contributed by atoms with Crippen molar-refractivity contribution in [2.75, 3.05) is 6.54 Å². The van der Waals surface area contributed by atoms with Crippen LogP contribution in [0.4, 0.5) is 0 Å². The summed E-state index contributed by atoms with van der Waals surface area (Å²) in [7, 11) is 0. The Kier molecular flexibility index (Phi) is 8.76. The maximum absolute atomic E-state index is 5.72. The lowest BCUT2D eigenvalue weighted by molar-refractivity contribution is 0.904. The van der Waals surface area contributed by atoms with Gasteiger partial charge in [0, 0.05) is 18.3 Å². The summed E-state index contributed by atoms with van der Waals surface area (Å²) in [6.07, 6.45) is 3.72. The van der Waals surface area contributed by atoms with Crippen LogP contribution >= 0.6 is 35.3 Å². The van der Waals surface area contributed by atoms with Gasteiger partial charge in [-0.25, -0.2) is 9.98 Å². The molecule has 0 spiro atoms. The van der Waals surface area contributed by atoms with Crippen molar-refractivity contribution in [3.05, 3.63) is 64.6 Å². The van der Waals surface area contributed by atoms with Gasteiger partial charge in [-0.1, -0.05) is 36.4 Å². The first-order valence-corrected chi connectivity index (χ1v) is 7.78. The van der Waals surface area contributed by atoms with Crippen molar-refractivity contribution < 1.29 is 0 Å². The first-order valence-electron chi connectivity index (χ1n) is 6.90. The van der Waals surface area contributed by atoms with E-state index in [-0.39, 0.29) is 24.0 Å². The molecule has 3 N–H and O–H groups in total. The van der Waals surface area contributed by atoms with E-state index >= 15 is 0 Å². The van der Waals surface area contributed by atoms with Crippen LogP contribution in [0.2, 0.25) is 0 Å². The minimum Gasteiger partial charge on any atom is -0.370 e. The van der Waals surface area contributed by atoms with E-state index in [2.05, 4.69) is 46.1 Å². The molecule has 0 aliphatic rings. The number of thiazole rings is 1. The van der Waals surface area contributed by atoms with E-state index in [1.165, 1.54) is 5.56 Å². The fourth-order valence-corrected chi connectivity index (χ4v) is 2.62. The number of nitrogens with zero attached hydrogens (tertiary/aromatic N) is 2. The molecule has 0 fully saturated rings. The Bertz CT molecular complexity index is 595. The fourth-order valence-electron chi connectivity index (χ4n) is 1.83. The van der Waals surface area contributed by atoms with Crippen LogP contribution in [0, 0.1) is 0 Å². The summed E-state index contributed by atoms with van der Waals surface area (Å²) in [6.45, 7) is 4.75. The SMILES string of the molecule is C=CCNC(N)=NCc1csc(CCc2ccccc2)n1.I. The van der Waals surface area contributed by atoms with Crippen LogP contribution in [0.15, 0.2) is 53.4 Å². The molecule has 0 saturated heterocycles. The van der Waals surface area contributed by atoms with E-state index in [1.54, 1.807) is 17.4 Å². The Morgan fingerprint density at radius 1 is 1.32 bits per heavy atom. The molecular formula is C16H21IN4S. The summed E-state index contributed by atoms with van der Waals surface area (Å²) in [4.78, 5) is 8.83. The number of halogens is 1. The molecule has 6 heteroatoms. The van der Waals surface area contributed by atoms with Crippen LogP contribution in [0.5, 0.6) is 0 Å². The maximum atomic E-state index is 5.72. The van der Waals surface area contributed by atoms with Crippen molar-refractivity contribution in [3.63, 3.8) is 0 Å². The highest BCUT2D eigenvalue weighted by atomic mass is 127. The van der Waals surface area contributed by atoms with Gasteiger partial charge in [-0.2, -0.15) is 0 Å². The van der Waals surface area contributed by atoms with E-state index in [9.17, 15) is 0 Å². The van der Waals surface area contributed by atoms with Crippen LogP contribution < -0.4 is 11.1 Å². The molecular weight excluding hydrogens is 407 g/mol. The van der Waals surface area contributed by atoms with E-state index in [0.29, 0.717) is 19.0 Å². The first kappa shape index (κ1) is 18.6. The second kappa shape index (κ2) is 10.3. The Balaban J connectivity index is 0.00000242. The third-order valence-corrected chi connectivity index (χ3v) is 3.87. The van der Waals surface area contributed by atoms with E-state index in [0.717, 1.165) is 23.5 Å². The first-order chi connectivity index (χ1) is 10.3. The van der Waals surface area contributed by atoms with Crippen molar-refractivity contribution in [1.82, 2.24) is 10.3 Å². The molecule has 118 valence electrons. The highest BCUT2D eigenvalue weighted by molar-refractivity contribution is 14.0. The fraction of sp³-hybridized carbons (Fsp3) is 0.250. The molecule has 0 amide bonds. The molecule has 0 saturated carbocycles. The third-order valence-electron chi connectivity index (χ3n) is 2.91. The van der Waals surface area contributed by atoms with Crippen molar-refractivity contribution in [3.8, 4) is 0 Å². The van der Waals surface area contributed by atoms with Gasteiger partial charge < -0.3 is 11.1 Å². The summed E-state index contributed by atoms with van der Waals surface area (Å²) < 4.78 is 0. The Hall–Kier alpha value is -1.41. The Labute approximate surface area is 152 Å². The molecule has 0 radical (unpaired) electrons. The zero-order valence-electron chi connectivity index (χ0n) is 12.4. The Morgan fingerprint density at radius 2 is 2.09 bits per heavy atom. The summed E-state index contributed by atoms with van der Waals surface area (Å²) in [6, 6.07) is 10.5. The molecule has 1 aromatic heterocycles. The monoisotopic (exact) mass is 428 g/mol. The molecule has 1 aromatic carbocycles. The van der Waals surface area contributed by atoms with Gasteiger partial charge in [-0.3, -0.25) is 0 Å². The number of rotatable bonds is 7. The highest BCUT2D eigenvalue weighted by Gasteiger charge is 2.02. The molecule has 0 aliphatic heterocycles. The molecule has 4 nitrogen and oxygen atoms in total.